The van der Waals surface area contributed by atoms with E-state index in [4.69, 9.17) is 0 Å². The second kappa shape index (κ2) is 6.65. The zero-order chi connectivity index (χ0) is 11.9. The maximum atomic E-state index is 3.47. The van der Waals surface area contributed by atoms with E-state index in [-0.39, 0.29) is 0 Å². The first-order chi connectivity index (χ1) is 8.34. The number of hydrogen-bond acceptors (Lipinski definition) is 2. The highest BCUT2D eigenvalue weighted by atomic mass is 15.1. The number of nitrogens with zero attached hydrogens (tertiary/aromatic N) is 1. The molecule has 0 amide bonds. The van der Waals surface area contributed by atoms with Crippen molar-refractivity contribution in [3.8, 4) is 0 Å². The molecule has 0 aromatic heterocycles. The molecule has 0 aliphatic carbocycles. The van der Waals surface area contributed by atoms with Gasteiger partial charge in [0, 0.05) is 18.8 Å². The van der Waals surface area contributed by atoms with Gasteiger partial charge in [-0.15, -0.1) is 0 Å². The molecule has 0 bridgehead atoms. The Labute approximate surface area is 105 Å². The number of benzene rings is 1. The van der Waals surface area contributed by atoms with E-state index < -0.39 is 0 Å². The molecule has 1 atom stereocenters. The van der Waals surface area contributed by atoms with Gasteiger partial charge in [-0.2, -0.15) is 0 Å². The summed E-state index contributed by atoms with van der Waals surface area (Å²) in [7, 11) is 0. The molecule has 2 rings (SSSR count). The number of hydrogen-bond donors (Lipinski definition) is 1. The molecule has 1 aromatic rings. The van der Waals surface area contributed by atoms with Crippen molar-refractivity contribution >= 4 is 5.69 Å². The van der Waals surface area contributed by atoms with Crippen molar-refractivity contribution in [3.63, 3.8) is 0 Å². The fourth-order valence-electron chi connectivity index (χ4n) is 2.58. The maximum absolute atomic E-state index is 3.47. The molecule has 0 radical (unpaired) electrons. The van der Waals surface area contributed by atoms with Crippen molar-refractivity contribution in [3.05, 3.63) is 30.3 Å². The third kappa shape index (κ3) is 4.39. The highest BCUT2D eigenvalue weighted by Crippen LogP contribution is 2.15. The first-order valence-corrected chi connectivity index (χ1v) is 6.86. The third-order valence-corrected chi connectivity index (χ3v) is 3.50. The van der Waals surface area contributed by atoms with Crippen LogP contribution in [0.1, 0.15) is 26.2 Å². The Morgan fingerprint density at radius 1 is 1.29 bits per heavy atom. The van der Waals surface area contributed by atoms with Crippen LogP contribution in [0, 0.1) is 5.92 Å². The molecule has 2 heteroatoms. The first kappa shape index (κ1) is 12.4. The fraction of sp³-hybridized carbons (Fsp3) is 0.600. The number of rotatable bonds is 5. The minimum Gasteiger partial charge on any atom is -0.385 e. The van der Waals surface area contributed by atoms with Gasteiger partial charge in [-0.3, -0.25) is 0 Å². The predicted molar refractivity (Wildman–Crippen MR) is 74.4 cm³/mol. The molecule has 0 spiro atoms. The SMILES string of the molecule is CC1CCCN(CCCNc2ccccc2)C1. The standard InChI is InChI=1S/C15H24N2/c1-14-7-5-11-17(13-14)12-6-10-16-15-8-3-2-4-9-15/h2-4,8-9,14,16H,5-7,10-13H2,1H3. The van der Waals surface area contributed by atoms with Crippen LogP contribution in [-0.4, -0.2) is 31.1 Å². The van der Waals surface area contributed by atoms with Gasteiger partial charge >= 0.3 is 0 Å². The molecule has 94 valence electrons. The Kier molecular flexibility index (Phi) is 4.87. The minimum atomic E-state index is 0.894. The van der Waals surface area contributed by atoms with E-state index in [2.05, 4.69) is 47.5 Å². The number of likely N-dealkylation sites (tertiary alicyclic amines) is 1. The van der Waals surface area contributed by atoms with E-state index >= 15 is 0 Å². The molecule has 1 fully saturated rings. The second-order valence-electron chi connectivity index (χ2n) is 5.19. The fourth-order valence-corrected chi connectivity index (χ4v) is 2.58. The Morgan fingerprint density at radius 2 is 2.12 bits per heavy atom. The van der Waals surface area contributed by atoms with Crippen LogP contribution in [0.3, 0.4) is 0 Å². The van der Waals surface area contributed by atoms with E-state index in [1.54, 1.807) is 0 Å². The van der Waals surface area contributed by atoms with E-state index in [0.29, 0.717) is 0 Å². The molecular formula is C15H24N2. The zero-order valence-corrected chi connectivity index (χ0v) is 10.9. The van der Waals surface area contributed by atoms with Crippen LogP contribution < -0.4 is 5.32 Å². The summed E-state index contributed by atoms with van der Waals surface area (Å²) in [6.07, 6.45) is 4.04. The maximum Gasteiger partial charge on any atom is 0.0340 e. The number of nitrogens with one attached hydrogen (secondary N) is 1. The number of para-hydroxylation sites is 1. The lowest BCUT2D eigenvalue weighted by Crippen LogP contribution is -2.35. The van der Waals surface area contributed by atoms with E-state index in [0.717, 1.165) is 12.5 Å². The zero-order valence-electron chi connectivity index (χ0n) is 10.9. The predicted octanol–water partition coefficient (Wildman–Crippen LogP) is 3.22. The summed E-state index contributed by atoms with van der Waals surface area (Å²) in [4.78, 5) is 2.61. The van der Waals surface area contributed by atoms with Gasteiger partial charge < -0.3 is 10.2 Å². The molecule has 17 heavy (non-hydrogen) atoms. The van der Waals surface area contributed by atoms with E-state index in [9.17, 15) is 0 Å². The van der Waals surface area contributed by atoms with Crippen molar-refractivity contribution in [2.75, 3.05) is 31.5 Å². The molecule has 1 saturated heterocycles. The van der Waals surface area contributed by atoms with Crippen LogP contribution in [0.25, 0.3) is 0 Å². The van der Waals surface area contributed by atoms with Crippen molar-refractivity contribution in [2.45, 2.75) is 26.2 Å². The average Bonchev–Trinajstić information content (AvgIpc) is 2.36. The van der Waals surface area contributed by atoms with Crippen LogP contribution in [0.2, 0.25) is 0 Å². The highest BCUT2D eigenvalue weighted by molar-refractivity contribution is 5.42. The summed E-state index contributed by atoms with van der Waals surface area (Å²) in [5, 5.41) is 3.47. The summed E-state index contributed by atoms with van der Waals surface area (Å²) in [6.45, 7) is 7.29. The van der Waals surface area contributed by atoms with Crippen molar-refractivity contribution in [1.29, 1.82) is 0 Å². The Hall–Kier alpha value is -1.02. The molecule has 1 aliphatic heterocycles. The van der Waals surface area contributed by atoms with Crippen LogP contribution in [0.15, 0.2) is 30.3 Å². The van der Waals surface area contributed by atoms with Gasteiger partial charge in [-0.25, -0.2) is 0 Å². The molecular weight excluding hydrogens is 208 g/mol. The molecule has 1 aliphatic rings. The van der Waals surface area contributed by atoms with Crippen LogP contribution in [-0.2, 0) is 0 Å². The van der Waals surface area contributed by atoms with Gasteiger partial charge in [-0.1, -0.05) is 25.1 Å². The molecule has 2 nitrogen and oxygen atoms in total. The van der Waals surface area contributed by atoms with Crippen molar-refractivity contribution < 1.29 is 0 Å². The second-order valence-corrected chi connectivity index (χ2v) is 5.19. The van der Waals surface area contributed by atoms with E-state index in [1.807, 2.05) is 0 Å². The van der Waals surface area contributed by atoms with Crippen molar-refractivity contribution in [2.24, 2.45) is 5.92 Å². The van der Waals surface area contributed by atoms with Gasteiger partial charge in [0.1, 0.15) is 0 Å². The smallest absolute Gasteiger partial charge is 0.0340 e. The lowest BCUT2D eigenvalue weighted by Gasteiger charge is -2.30. The topological polar surface area (TPSA) is 15.3 Å². The first-order valence-electron chi connectivity index (χ1n) is 6.86. The summed E-state index contributed by atoms with van der Waals surface area (Å²) in [6, 6.07) is 10.5. The average molecular weight is 232 g/mol. The number of piperidine rings is 1. The van der Waals surface area contributed by atoms with Crippen LogP contribution in [0.4, 0.5) is 5.69 Å². The molecule has 1 unspecified atom stereocenters. The third-order valence-electron chi connectivity index (χ3n) is 3.50. The summed E-state index contributed by atoms with van der Waals surface area (Å²) in [5.41, 5.74) is 1.24. The molecule has 1 N–H and O–H groups in total. The monoisotopic (exact) mass is 232 g/mol. The lowest BCUT2D eigenvalue weighted by atomic mass is 10.0. The van der Waals surface area contributed by atoms with Crippen LogP contribution in [0.5, 0.6) is 0 Å². The lowest BCUT2D eigenvalue weighted by molar-refractivity contribution is 0.183. The normalized spacial score (nSPS) is 21.4. The molecule has 1 heterocycles. The van der Waals surface area contributed by atoms with Crippen molar-refractivity contribution in [1.82, 2.24) is 4.90 Å². The van der Waals surface area contributed by atoms with Gasteiger partial charge in [0.15, 0.2) is 0 Å². The summed E-state index contributed by atoms with van der Waals surface area (Å²) < 4.78 is 0. The Balaban J connectivity index is 1.60. The van der Waals surface area contributed by atoms with E-state index in [1.165, 1.54) is 44.6 Å². The van der Waals surface area contributed by atoms with Gasteiger partial charge in [-0.05, 0) is 50.4 Å². The molecule has 0 saturated carbocycles. The van der Waals surface area contributed by atoms with Gasteiger partial charge in [0.2, 0.25) is 0 Å². The van der Waals surface area contributed by atoms with Gasteiger partial charge in [0.25, 0.3) is 0 Å². The molecule has 1 aromatic carbocycles. The summed E-state index contributed by atoms with van der Waals surface area (Å²) in [5.74, 6) is 0.894. The Bertz CT molecular complexity index is 310. The highest BCUT2D eigenvalue weighted by Gasteiger charge is 2.14. The van der Waals surface area contributed by atoms with Gasteiger partial charge in [0.05, 0.1) is 0 Å². The minimum absolute atomic E-state index is 0.894. The Morgan fingerprint density at radius 3 is 2.88 bits per heavy atom. The summed E-state index contributed by atoms with van der Waals surface area (Å²) >= 11 is 0. The number of anilines is 1. The van der Waals surface area contributed by atoms with Crippen LogP contribution >= 0.6 is 0 Å². The largest absolute Gasteiger partial charge is 0.385 e. The quantitative estimate of drug-likeness (QED) is 0.784.